The first-order chi connectivity index (χ1) is 12.2. The largest absolute Gasteiger partial charge is 0.381 e. The molecule has 1 rings (SSSR count). The van der Waals surface area contributed by atoms with E-state index in [0.29, 0.717) is 0 Å². The van der Waals surface area contributed by atoms with E-state index in [4.69, 9.17) is 4.74 Å². The molecule has 0 saturated carbocycles. The Bertz CT molecular complexity index is 288. The molecule has 0 fully saturated rings. The van der Waals surface area contributed by atoms with Gasteiger partial charge in [-0.3, -0.25) is 0 Å². The van der Waals surface area contributed by atoms with Gasteiger partial charge in [0.2, 0.25) is 0 Å². The molecular formula is C27H57OY3-3. The topological polar surface area (TPSA) is 9.23 Å². The van der Waals surface area contributed by atoms with Crippen LogP contribution in [0.25, 0.3) is 0 Å². The van der Waals surface area contributed by atoms with Crippen molar-refractivity contribution in [2.75, 3.05) is 13.2 Å². The van der Waals surface area contributed by atoms with Gasteiger partial charge in [-0.05, 0) is 12.8 Å². The molecule has 0 atom stereocenters. The monoisotopic (exact) mass is 664 g/mol. The molecule has 1 aromatic carbocycles. The minimum absolute atomic E-state index is 0. The third-order valence-electron chi connectivity index (χ3n) is 2.88. The predicted octanol–water partition coefficient (Wildman–Crippen LogP) is 9.79. The molecule has 183 valence electrons. The Morgan fingerprint density at radius 3 is 1.39 bits per heavy atom. The fraction of sp³-hybridized carbons (Fsp3) is 0.704. The summed E-state index contributed by atoms with van der Waals surface area (Å²) < 4.78 is 5.13. The van der Waals surface area contributed by atoms with Gasteiger partial charge in [0, 0.05) is 111 Å². The van der Waals surface area contributed by atoms with Gasteiger partial charge >= 0.3 is 0 Å². The minimum Gasteiger partial charge on any atom is -0.381 e. The van der Waals surface area contributed by atoms with Gasteiger partial charge in [0.1, 0.15) is 0 Å². The van der Waals surface area contributed by atoms with Crippen molar-refractivity contribution >= 4 is 0 Å². The molecule has 31 heavy (non-hydrogen) atoms. The quantitative estimate of drug-likeness (QED) is 0.189. The van der Waals surface area contributed by atoms with E-state index in [-0.39, 0.29) is 120 Å². The van der Waals surface area contributed by atoms with E-state index in [9.17, 15) is 0 Å². The fourth-order valence-corrected chi connectivity index (χ4v) is 1.69. The molecule has 0 unspecified atom stereocenters. The second-order valence-electron chi connectivity index (χ2n) is 5.83. The molecule has 4 heteroatoms. The summed E-state index contributed by atoms with van der Waals surface area (Å²) >= 11 is 0. The molecule has 0 saturated heterocycles. The van der Waals surface area contributed by atoms with Crippen LogP contribution >= 0.6 is 0 Å². The number of rotatable bonds is 9. The average molecular weight is 664 g/mol. The van der Waals surface area contributed by atoms with Crippen molar-refractivity contribution in [2.24, 2.45) is 0 Å². The summed E-state index contributed by atoms with van der Waals surface area (Å²) in [6.07, 6.45) is 10.8. The molecule has 0 aromatic heterocycles. The molecule has 0 heterocycles. The molecule has 3 radical (unpaired) electrons. The van der Waals surface area contributed by atoms with Crippen molar-refractivity contribution in [2.45, 2.75) is 115 Å². The molecule has 0 bridgehead atoms. The number of unbranched alkanes of at least 4 members (excludes halogenated alkanes) is 3. The SMILES string of the molecule is C.C.C.CCCOCCC.CCCc1cc[c-]cc1.[CH2-]CC.[CH2-]CCCCC.[Y].[Y].[Y]. The summed E-state index contributed by atoms with van der Waals surface area (Å²) in [6, 6.07) is 11.1. The second-order valence-corrected chi connectivity index (χ2v) is 5.83. The first-order valence-electron chi connectivity index (χ1n) is 10.3. The maximum atomic E-state index is 5.13. The average Bonchev–Trinajstić information content (AvgIpc) is 2.63. The van der Waals surface area contributed by atoms with Crippen molar-refractivity contribution in [3.63, 3.8) is 0 Å². The molecule has 0 aliphatic carbocycles. The van der Waals surface area contributed by atoms with Crippen LogP contribution < -0.4 is 0 Å². The van der Waals surface area contributed by atoms with E-state index in [1.165, 1.54) is 37.7 Å². The normalized spacial score (nSPS) is 7.19. The van der Waals surface area contributed by atoms with Gasteiger partial charge in [0.25, 0.3) is 0 Å². The molecule has 0 aliphatic rings. The van der Waals surface area contributed by atoms with Crippen LogP contribution in [-0.4, -0.2) is 13.2 Å². The zero-order valence-electron chi connectivity index (χ0n) is 19.6. The number of benzene rings is 1. The third kappa shape index (κ3) is 71.9. The Morgan fingerprint density at radius 1 is 0.710 bits per heavy atom. The van der Waals surface area contributed by atoms with Gasteiger partial charge in [0.15, 0.2) is 0 Å². The third-order valence-corrected chi connectivity index (χ3v) is 2.88. The van der Waals surface area contributed by atoms with Crippen molar-refractivity contribution in [3.8, 4) is 0 Å². The molecule has 0 aliphatic heterocycles. The van der Waals surface area contributed by atoms with E-state index in [0.717, 1.165) is 38.9 Å². The van der Waals surface area contributed by atoms with Crippen LogP contribution in [0.2, 0.25) is 0 Å². The standard InChI is InChI=1S/C9H11.C6H14O.C6H13.C3H7.3CH4.3Y/c1-2-6-9-7-4-3-5-8-9;1-3-5-7-6-4-2;1-3-5-6-4-2;1-3-2;;;;;;/h4-5,7-8H,2,6H2,1H3;3-6H2,1-2H3;1,3-6H2,2H3;1,3H2,2H3;3*1H4;;;/q-1;;2*-1;;;;;;. The van der Waals surface area contributed by atoms with Crippen LogP contribution in [0.5, 0.6) is 0 Å². The Kier molecular flexibility index (Phi) is 121. The molecule has 0 spiro atoms. The van der Waals surface area contributed by atoms with Crippen molar-refractivity contribution in [3.05, 3.63) is 49.7 Å². The van der Waals surface area contributed by atoms with Crippen molar-refractivity contribution in [1.82, 2.24) is 0 Å². The number of hydrogen-bond acceptors (Lipinski definition) is 1. The maximum Gasteiger partial charge on any atom is 0.0463 e. The first kappa shape index (κ1) is 58.9. The van der Waals surface area contributed by atoms with Gasteiger partial charge < -0.3 is 18.6 Å². The van der Waals surface area contributed by atoms with E-state index in [1.807, 2.05) is 19.1 Å². The molecule has 1 aromatic rings. The fourth-order valence-electron chi connectivity index (χ4n) is 1.69. The molecule has 0 amide bonds. The first-order valence-corrected chi connectivity index (χ1v) is 10.3. The zero-order valence-corrected chi connectivity index (χ0v) is 28.2. The van der Waals surface area contributed by atoms with Gasteiger partial charge in [-0.25, -0.2) is 0 Å². The van der Waals surface area contributed by atoms with Crippen molar-refractivity contribution in [1.29, 1.82) is 0 Å². The Hall–Kier alpha value is 2.49. The van der Waals surface area contributed by atoms with Crippen LogP contribution in [0, 0.1) is 19.9 Å². The van der Waals surface area contributed by atoms with Gasteiger partial charge in [-0.15, -0.1) is 0 Å². The Labute approximate surface area is 276 Å². The number of ether oxygens (including phenoxy) is 1. The van der Waals surface area contributed by atoms with Crippen LogP contribution in [0.1, 0.15) is 114 Å². The second kappa shape index (κ2) is 63.7. The van der Waals surface area contributed by atoms with Crippen molar-refractivity contribution < 1.29 is 103 Å². The maximum absolute atomic E-state index is 5.13. The predicted molar refractivity (Wildman–Crippen MR) is 136 cm³/mol. The summed E-state index contributed by atoms with van der Waals surface area (Å²) in [5.74, 6) is 0. The van der Waals surface area contributed by atoms with E-state index in [2.05, 4.69) is 59.7 Å². The molecular weight excluding hydrogens is 607 g/mol. The van der Waals surface area contributed by atoms with Gasteiger partial charge in [-0.2, -0.15) is 48.7 Å². The zero-order chi connectivity index (χ0) is 19.6. The van der Waals surface area contributed by atoms with Gasteiger partial charge in [0.05, 0.1) is 0 Å². The van der Waals surface area contributed by atoms with E-state index < -0.39 is 0 Å². The van der Waals surface area contributed by atoms with E-state index >= 15 is 0 Å². The van der Waals surface area contributed by atoms with Gasteiger partial charge in [-0.1, -0.05) is 89.0 Å². The van der Waals surface area contributed by atoms with E-state index in [1.54, 1.807) is 0 Å². The van der Waals surface area contributed by atoms with Crippen LogP contribution in [0.4, 0.5) is 0 Å². The summed E-state index contributed by atoms with van der Waals surface area (Å²) in [4.78, 5) is 0. The summed E-state index contributed by atoms with van der Waals surface area (Å²) in [6.45, 7) is 19.7. The Morgan fingerprint density at radius 2 is 1.13 bits per heavy atom. The Balaban J connectivity index is -0.0000000292. The van der Waals surface area contributed by atoms with Crippen LogP contribution in [0.3, 0.4) is 0 Å². The molecule has 1 nitrogen and oxygen atoms in total. The number of aryl methyl sites for hydroxylation is 1. The smallest absolute Gasteiger partial charge is 0.0463 e. The summed E-state index contributed by atoms with van der Waals surface area (Å²) in [7, 11) is 0. The number of hydrogen-bond donors (Lipinski definition) is 0. The van der Waals surface area contributed by atoms with Crippen LogP contribution in [0.15, 0.2) is 24.3 Å². The van der Waals surface area contributed by atoms with Crippen LogP contribution in [-0.2, 0) is 109 Å². The minimum atomic E-state index is 0. The summed E-state index contributed by atoms with van der Waals surface area (Å²) in [5.41, 5.74) is 1.41. The summed E-state index contributed by atoms with van der Waals surface area (Å²) in [5, 5.41) is 0. The molecule has 0 N–H and O–H groups in total.